The molecule has 0 saturated carbocycles. The second-order valence-electron chi connectivity index (χ2n) is 6.25. The van der Waals surface area contributed by atoms with Gasteiger partial charge in [0, 0.05) is 17.0 Å². The van der Waals surface area contributed by atoms with Gasteiger partial charge in [-0.25, -0.2) is 9.59 Å². The Hall–Kier alpha value is -3.36. The van der Waals surface area contributed by atoms with Crippen LogP contribution in [0.2, 0.25) is 0 Å². The molecule has 1 amide bonds. The molecule has 1 atom stereocenters. The molecule has 0 aliphatic carbocycles. The molecule has 0 bridgehead atoms. The van der Waals surface area contributed by atoms with E-state index in [9.17, 15) is 19.2 Å². The Bertz CT molecular complexity index is 962. The zero-order chi connectivity index (χ0) is 20.8. The van der Waals surface area contributed by atoms with Gasteiger partial charge in [0.1, 0.15) is 17.4 Å². The third kappa shape index (κ3) is 5.09. The van der Waals surface area contributed by atoms with Gasteiger partial charge in [-0.3, -0.25) is 9.59 Å². The van der Waals surface area contributed by atoms with Crippen molar-refractivity contribution >= 4 is 28.8 Å². The number of carbonyl (C=O) groups is 3. The fourth-order valence-electron chi connectivity index (χ4n) is 2.79. The molecule has 1 aromatic heterocycles. The van der Waals surface area contributed by atoms with Gasteiger partial charge in [0.05, 0.1) is 6.42 Å². The largest absolute Gasteiger partial charge is 0.483 e. The number of carbonyl (C=O) groups excluding carboxylic acids is 1. The van der Waals surface area contributed by atoms with Crippen LogP contribution in [0.4, 0.5) is 0 Å². The minimum atomic E-state index is -1.55. The Morgan fingerprint density at radius 1 is 1.25 bits per heavy atom. The molecule has 9 heteroatoms. The maximum absolute atomic E-state index is 11.9. The molecular formula is C19H21NO8. The first kappa shape index (κ1) is 20.9. The van der Waals surface area contributed by atoms with Crippen molar-refractivity contribution < 1.29 is 33.8 Å². The fourth-order valence-corrected chi connectivity index (χ4v) is 2.79. The van der Waals surface area contributed by atoms with E-state index in [1.54, 1.807) is 19.1 Å². The number of aryl methyl sites for hydroxylation is 2. The predicted molar refractivity (Wildman–Crippen MR) is 98.5 cm³/mol. The van der Waals surface area contributed by atoms with E-state index >= 15 is 0 Å². The Morgan fingerprint density at radius 3 is 2.57 bits per heavy atom. The number of hydrogen-bond acceptors (Lipinski definition) is 6. The summed E-state index contributed by atoms with van der Waals surface area (Å²) in [4.78, 5) is 45.4. The van der Waals surface area contributed by atoms with Crippen molar-refractivity contribution in [1.29, 1.82) is 0 Å². The van der Waals surface area contributed by atoms with Crippen LogP contribution in [0.15, 0.2) is 27.4 Å². The molecule has 0 radical (unpaired) electrons. The lowest BCUT2D eigenvalue weighted by Gasteiger charge is -2.14. The van der Waals surface area contributed by atoms with Crippen molar-refractivity contribution in [2.24, 2.45) is 0 Å². The summed E-state index contributed by atoms with van der Waals surface area (Å²) in [6.45, 7) is 3.16. The van der Waals surface area contributed by atoms with Crippen LogP contribution in [0.1, 0.15) is 30.9 Å². The summed E-state index contributed by atoms with van der Waals surface area (Å²) in [5.41, 5.74) is 1.27. The Morgan fingerprint density at radius 2 is 1.96 bits per heavy atom. The molecule has 2 rings (SSSR count). The smallest absolute Gasteiger partial charge is 0.336 e. The standard InChI is InChI=1S/C19H21NO8/c1-3-4-11-7-17(24)28-18-10(2)14(6-5-12(11)18)27-9-15(21)20-13(19(25)26)8-16(22)23/h5-7,13H,3-4,8-9H2,1-2H3,(H,20,21)(H,22,23)(H,25,26). The summed E-state index contributed by atoms with van der Waals surface area (Å²) in [5.74, 6) is -3.29. The van der Waals surface area contributed by atoms with Gasteiger partial charge in [0.25, 0.3) is 5.91 Å². The number of ether oxygens (including phenoxy) is 1. The molecule has 28 heavy (non-hydrogen) atoms. The van der Waals surface area contributed by atoms with Gasteiger partial charge in [0.15, 0.2) is 6.61 Å². The molecular weight excluding hydrogens is 370 g/mol. The number of benzene rings is 1. The highest BCUT2D eigenvalue weighted by atomic mass is 16.5. The van der Waals surface area contributed by atoms with E-state index in [0.717, 1.165) is 17.4 Å². The van der Waals surface area contributed by atoms with Gasteiger partial charge in [-0.15, -0.1) is 0 Å². The molecule has 1 unspecified atom stereocenters. The predicted octanol–water partition coefficient (Wildman–Crippen LogP) is 1.48. The van der Waals surface area contributed by atoms with Crippen molar-refractivity contribution in [3.05, 3.63) is 39.7 Å². The Labute approximate surface area is 159 Å². The van der Waals surface area contributed by atoms with E-state index in [2.05, 4.69) is 5.32 Å². The average Bonchev–Trinajstić information content (AvgIpc) is 2.61. The third-order valence-electron chi connectivity index (χ3n) is 4.09. The summed E-state index contributed by atoms with van der Waals surface area (Å²) in [6.07, 6.45) is 0.822. The van der Waals surface area contributed by atoms with Gasteiger partial charge in [0.2, 0.25) is 0 Å². The number of rotatable bonds is 9. The number of fused-ring (bicyclic) bond motifs is 1. The van der Waals surface area contributed by atoms with Gasteiger partial charge >= 0.3 is 17.6 Å². The number of carboxylic acids is 2. The molecule has 9 nitrogen and oxygen atoms in total. The lowest BCUT2D eigenvalue weighted by Crippen LogP contribution is -2.44. The summed E-state index contributed by atoms with van der Waals surface area (Å²) in [5, 5.41) is 20.5. The second kappa shape index (κ2) is 9.03. The maximum atomic E-state index is 11.9. The number of hydrogen-bond donors (Lipinski definition) is 3. The second-order valence-corrected chi connectivity index (χ2v) is 6.25. The van der Waals surface area contributed by atoms with Crippen LogP contribution >= 0.6 is 0 Å². The lowest BCUT2D eigenvalue weighted by molar-refractivity contribution is -0.147. The minimum absolute atomic E-state index is 0.296. The number of nitrogens with one attached hydrogen (secondary N) is 1. The topological polar surface area (TPSA) is 143 Å². The molecule has 1 heterocycles. The van der Waals surface area contributed by atoms with Crippen LogP contribution in [0, 0.1) is 6.92 Å². The maximum Gasteiger partial charge on any atom is 0.336 e. The third-order valence-corrected chi connectivity index (χ3v) is 4.09. The fraction of sp³-hybridized carbons (Fsp3) is 0.368. The Balaban J connectivity index is 2.17. The SMILES string of the molecule is CCCc1cc(=O)oc2c(C)c(OCC(=O)NC(CC(=O)O)C(=O)O)ccc12. The van der Waals surface area contributed by atoms with E-state index in [4.69, 9.17) is 19.4 Å². The summed E-state index contributed by atoms with van der Waals surface area (Å²) in [6, 6.07) is 3.26. The normalized spacial score (nSPS) is 11.8. The van der Waals surface area contributed by atoms with Crippen molar-refractivity contribution in [2.45, 2.75) is 39.2 Å². The first-order chi connectivity index (χ1) is 13.2. The highest BCUT2D eigenvalue weighted by molar-refractivity contribution is 5.88. The minimum Gasteiger partial charge on any atom is -0.483 e. The van der Waals surface area contributed by atoms with E-state index in [0.29, 0.717) is 23.3 Å². The molecule has 0 spiro atoms. The van der Waals surface area contributed by atoms with E-state index in [1.807, 2.05) is 6.92 Å². The average molecular weight is 391 g/mol. The van der Waals surface area contributed by atoms with E-state index in [-0.39, 0.29) is 0 Å². The molecule has 0 saturated heterocycles. The van der Waals surface area contributed by atoms with Crippen molar-refractivity contribution in [1.82, 2.24) is 5.32 Å². The molecule has 150 valence electrons. The molecule has 0 aliphatic rings. The van der Waals surface area contributed by atoms with Gasteiger partial charge < -0.3 is 24.7 Å². The zero-order valence-corrected chi connectivity index (χ0v) is 15.5. The lowest BCUT2D eigenvalue weighted by atomic mass is 10.0. The summed E-state index contributed by atoms with van der Waals surface area (Å²) in [7, 11) is 0. The number of aliphatic carboxylic acids is 2. The molecule has 0 aliphatic heterocycles. The molecule has 1 aromatic carbocycles. The van der Waals surface area contributed by atoms with Crippen LogP contribution < -0.4 is 15.7 Å². The highest BCUT2D eigenvalue weighted by Crippen LogP contribution is 2.28. The van der Waals surface area contributed by atoms with Gasteiger partial charge in [-0.1, -0.05) is 13.3 Å². The van der Waals surface area contributed by atoms with Crippen LogP contribution in [0.25, 0.3) is 11.0 Å². The number of amides is 1. The van der Waals surface area contributed by atoms with Crippen molar-refractivity contribution in [3.8, 4) is 5.75 Å². The van der Waals surface area contributed by atoms with Gasteiger partial charge in [-0.05, 0) is 31.0 Å². The highest BCUT2D eigenvalue weighted by Gasteiger charge is 2.23. The first-order valence-electron chi connectivity index (χ1n) is 8.66. The van der Waals surface area contributed by atoms with Crippen LogP contribution in [-0.2, 0) is 20.8 Å². The van der Waals surface area contributed by atoms with Crippen LogP contribution in [0.3, 0.4) is 0 Å². The zero-order valence-electron chi connectivity index (χ0n) is 15.5. The molecule has 2 aromatic rings. The monoisotopic (exact) mass is 391 g/mol. The summed E-state index contributed by atoms with van der Waals surface area (Å²) < 4.78 is 10.7. The van der Waals surface area contributed by atoms with Gasteiger partial charge in [-0.2, -0.15) is 0 Å². The number of carboxylic acid groups (broad SMARTS) is 2. The van der Waals surface area contributed by atoms with Crippen molar-refractivity contribution in [3.63, 3.8) is 0 Å². The Kier molecular flexibility index (Phi) is 6.75. The van der Waals surface area contributed by atoms with Crippen molar-refractivity contribution in [2.75, 3.05) is 6.61 Å². The quantitative estimate of drug-likeness (QED) is 0.545. The molecule has 3 N–H and O–H groups in total. The van der Waals surface area contributed by atoms with Crippen LogP contribution in [-0.4, -0.2) is 40.7 Å². The van der Waals surface area contributed by atoms with E-state index in [1.165, 1.54) is 6.07 Å². The first-order valence-corrected chi connectivity index (χ1v) is 8.66. The molecule has 0 fully saturated rings. The summed E-state index contributed by atoms with van der Waals surface area (Å²) >= 11 is 0. The van der Waals surface area contributed by atoms with E-state index < -0.39 is 42.5 Å². The van der Waals surface area contributed by atoms with Crippen LogP contribution in [0.5, 0.6) is 5.75 Å².